The molecule has 0 radical (unpaired) electrons. The van der Waals surface area contributed by atoms with Crippen LogP contribution in [0.25, 0.3) is 0 Å². The zero-order valence-corrected chi connectivity index (χ0v) is 9.74. The summed E-state index contributed by atoms with van der Waals surface area (Å²) in [6.45, 7) is 1.07. The van der Waals surface area contributed by atoms with E-state index in [0.29, 0.717) is 0 Å². The van der Waals surface area contributed by atoms with E-state index in [0.717, 1.165) is 23.7 Å². The van der Waals surface area contributed by atoms with Crippen molar-refractivity contribution in [2.24, 2.45) is 11.7 Å². The molecular weight excluding hydrogens is 198 g/mol. The predicted octanol–water partition coefficient (Wildman–Crippen LogP) is 2.21. The fourth-order valence-electron chi connectivity index (χ4n) is 2.20. The van der Waals surface area contributed by atoms with Gasteiger partial charge in [-0.1, -0.05) is 18.6 Å². The van der Waals surface area contributed by atoms with E-state index in [2.05, 4.69) is 11.9 Å². The summed E-state index contributed by atoms with van der Waals surface area (Å²) in [7, 11) is 2.08. The van der Waals surface area contributed by atoms with Gasteiger partial charge in [-0.3, -0.25) is 5.41 Å². The van der Waals surface area contributed by atoms with Gasteiger partial charge in [0.1, 0.15) is 5.84 Å². The number of amidine groups is 1. The molecule has 1 saturated carbocycles. The standard InChI is InChI=1S/C13H19N3/c1-16(9-10-5-4-6-10)12-8-3-2-7-11(12)13(14)15/h2-3,7-8,10H,4-6,9H2,1H3,(H3,14,15). The first-order valence-corrected chi connectivity index (χ1v) is 5.83. The molecule has 16 heavy (non-hydrogen) atoms. The smallest absolute Gasteiger partial charge is 0.124 e. The van der Waals surface area contributed by atoms with Crippen LogP contribution in [0.2, 0.25) is 0 Å². The first kappa shape index (κ1) is 11.0. The molecule has 2 rings (SSSR count). The molecule has 3 nitrogen and oxygen atoms in total. The second-order valence-corrected chi connectivity index (χ2v) is 4.61. The number of para-hydroxylation sites is 1. The average Bonchev–Trinajstić information content (AvgIpc) is 2.23. The molecule has 3 heteroatoms. The zero-order valence-electron chi connectivity index (χ0n) is 9.74. The minimum absolute atomic E-state index is 0.149. The number of hydrogen-bond donors (Lipinski definition) is 2. The molecule has 0 aliphatic heterocycles. The van der Waals surface area contributed by atoms with Gasteiger partial charge in [0.25, 0.3) is 0 Å². The van der Waals surface area contributed by atoms with Gasteiger partial charge in [0.15, 0.2) is 0 Å². The largest absolute Gasteiger partial charge is 0.384 e. The highest BCUT2D eigenvalue weighted by atomic mass is 15.1. The van der Waals surface area contributed by atoms with Crippen molar-refractivity contribution in [2.45, 2.75) is 19.3 Å². The highest BCUT2D eigenvalue weighted by Crippen LogP contribution is 2.29. The van der Waals surface area contributed by atoms with Gasteiger partial charge in [0.05, 0.1) is 0 Å². The normalized spacial score (nSPS) is 15.6. The summed E-state index contributed by atoms with van der Waals surface area (Å²) in [5.74, 6) is 0.973. The molecule has 86 valence electrons. The molecule has 0 aromatic heterocycles. The van der Waals surface area contributed by atoms with Crippen molar-refractivity contribution < 1.29 is 0 Å². The topological polar surface area (TPSA) is 53.1 Å². The average molecular weight is 217 g/mol. The SMILES string of the molecule is CN(CC1CCC1)c1ccccc1C(=N)N. The van der Waals surface area contributed by atoms with Crippen LogP contribution in [-0.4, -0.2) is 19.4 Å². The van der Waals surface area contributed by atoms with E-state index in [1.165, 1.54) is 19.3 Å². The lowest BCUT2D eigenvalue weighted by atomic mass is 9.85. The predicted molar refractivity (Wildman–Crippen MR) is 68.1 cm³/mol. The first-order chi connectivity index (χ1) is 7.68. The van der Waals surface area contributed by atoms with E-state index < -0.39 is 0 Å². The molecule has 1 aliphatic rings. The Morgan fingerprint density at radius 2 is 2.12 bits per heavy atom. The van der Waals surface area contributed by atoms with Crippen molar-refractivity contribution >= 4 is 11.5 Å². The molecule has 0 unspecified atom stereocenters. The Morgan fingerprint density at radius 3 is 2.69 bits per heavy atom. The third-order valence-corrected chi connectivity index (χ3v) is 3.36. The van der Waals surface area contributed by atoms with Crippen LogP contribution >= 0.6 is 0 Å². The number of hydrogen-bond acceptors (Lipinski definition) is 2. The molecule has 1 aromatic carbocycles. The van der Waals surface area contributed by atoms with Gasteiger partial charge in [0.2, 0.25) is 0 Å². The molecule has 0 spiro atoms. The Morgan fingerprint density at radius 1 is 1.44 bits per heavy atom. The van der Waals surface area contributed by atoms with Gasteiger partial charge in [0, 0.05) is 24.8 Å². The van der Waals surface area contributed by atoms with Gasteiger partial charge in [-0.25, -0.2) is 0 Å². The van der Waals surface area contributed by atoms with Gasteiger partial charge in [-0.15, -0.1) is 0 Å². The first-order valence-electron chi connectivity index (χ1n) is 5.83. The monoisotopic (exact) mass is 217 g/mol. The molecule has 0 amide bonds. The Hall–Kier alpha value is -1.51. The van der Waals surface area contributed by atoms with Crippen LogP contribution in [0.15, 0.2) is 24.3 Å². The zero-order chi connectivity index (χ0) is 11.5. The maximum atomic E-state index is 7.56. The second kappa shape index (κ2) is 4.56. The molecule has 0 bridgehead atoms. The summed E-state index contributed by atoms with van der Waals surface area (Å²) in [4.78, 5) is 2.22. The molecule has 0 saturated heterocycles. The Labute approximate surface area is 96.8 Å². The van der Waals surface area contributed by atoms with Crippen molar-refractivity contribution in [3.63, 3.8) is 0 Å². The van der Waals surface area contributed by atoms with Gasteiger partial charge < -0.3 is 10.6 Å². The highest BCUT2D eigenvalue weighted by molar-refractivity contribution is 6.00. The van der Waals surface area contributed by atoms with Crippen LogP contribution in [0, 0.1) is 11.3 Å². The Balaban J connectivity index is 2.14. The maximum Gasteiger partial charge on any atom is 0.124 e. The summed E-state index contributed by atoms with van der Waals surface area (Å²) < 4.78 is 0. The Bertz CT molecular complexity index is 383. The molecule has 1 fully saturated rings. The van der Waals surface area contributed by atoms with E-state index in [-0.39, 0.29) is 5.84 Å². The summed E-state index contributed by atoms with van der Waals surface area (Å²) in [5, 5.41) is 7.56. The number of nitrogens with zero attached hydrogens (tertiary/aromatic N) is 1. The third-order valence-electron chi connectivity index (χ3n) is 3.36. The molecule has 1 aliphatic carbocycles. The lowest BCUT2D eigenvalue weighted by molar-refractivity contribution is 0.321. The quantitative estimate of drug-likeness (QED) is 0.600. The van der Waals surface area contributed by atoms with Crippen LogP contribution in [0.4, 0.5) is 5.69 Å². The van der Waals surface area contributed by atoms with Crippen molar-refractivity contribution in [3.8, 4) is 0 Å². The summed E-state index contributed by atoms with van der Waals surface area (Å²) in [6.07, 6.45) is 4.05. The second-order valence-electron chi connectivity index (χ2n) is 4.61. The number of nitrogens with one attached hydrogen (secondary N) is 1. The van der Waals surface area contributed by atoms with E-state index >= 15 is 0 Å². The lowest BCUT2D eigenvalue weighted by Crippen LogP contribution is -2.30. The van der Waals surface area contributed by atoms with Crippen LogP contribution in [-0.2, 0) is 0 Å². The van der Waals surface area contributed by atoms with E-state index in [4.69, 9.17) is 11.1 Å². The third kappa shape index (κ3) is 2.18. The van der Waals surface area contributed by atoms with Crippen molar-refractivity contribution in [1.82, 2.24) is 0 Å². The van der Waals surface area contributed by atoms with Crippen LogP contribution in [0.3, 0.4) is 0 Å². The minimum atomic E-state index is 0.149. The van der Waals surface area contributed by atoms with E-state index in [1.807, 2.05) is 24.3 Å². The minimum Gasteiger partial charge on any atom is -0.384 e. The number of rotatable bonds is 4. The summed E-state index contributed by atoms with van der Waals surface area (Å²) in [5.41, 5.74) is 7.49. The molecule has 1 aromatic rings. The number of benzene rings is 1. The van der Waals surface area contributed by atoms with Gasteiger partial charge in [-0.05, 0) is 30.9 Å². The van der Waals surface area contributed by atoms with Crippen LogP contribution in [0.1, 0.15) is 24.8 Å². The fourth-order valence-corrected chi connectivity index (χ4v) is 2.20. The van der Waals surface area contributed by atoms with Gasteiger partial charge in [-0.2, -0.15) is 0 Å². The van der Waals surface area contributed by atoms with Crippen LogP contribution < -0.4 is 10.6 Å². The summed E-state index contributed by atoms with van der Waals surface area (Å²) in [6, 6.07) is 7.88. The van der Waals surface area contributed by atoms with Crippen molar-refractivity contribution in [2.75, 3.05) is 18.5 Å². The number of nitrogen functional groups attached to an aromatic ring is 1. The van der Waals surface area contributed by atoms with E-state index in [9.17, 15) is 0 Å². The van der Waals surface area contributed by atoms with Crippen molar-refractivity contribution in [3.05, 3.63) is 29.8 Å². The van der Waals surface area contributed by atoms with Crippen molar-refractivity contribution in [1.29, 1.82) is 5.41 Å². The fraction of sp³-hybridized carbons (Fsp3) is 0.462. The number of anilines is 1. The molecule has 3 N–H and O–H groups in total. The highest BCUT2D eigenvalue weighted by Gasteiger charge is 2.20. The maximum absolute atomic E-state index is 7.56. The van der Waals surface area contributed by atoms with Gasteiger partial charge >= 0.3 is 0 Å². The molecule has 0 atom stereocenters. The molecular formula is C13H19N3. The van der Waals surface area contributed by atoms with Crippen LogP contribution in [0.5, 0.6) is 0 Å². The summed E-state index contributed by atoms with van der Waals surface area (Å²) >= 11 is 0. The number of nitrogens with two attached hydrogens (primary N) is 1. The Kier molecular flexibility index (Phi) is 3.13. The van der Waals surface area contributed by atoms with E-state index in [1.54, 1.807) is 0 Å². The lowest BCUT2D eigenvalue weighted by Gasteiger charge is -2.32. The molecule has 0 heterocycles.